The minimum absolute atomic E-state index is 0.00855. The zero-order valence-electron chi connectivity index (χ0n) is 15.4. The lowest BCUT2D eigenvalue weighted by Gasteiger charge is -2.14. The second-order valence-corrected chi connectivity index (χ2v) is 7.29. The molecule has 6 heteroatoms. The van der Waals surface area contributed by atoms with E-state index in [4.69, 9.17) is 16.3 Å². The molecule has 0 aliphatic heterocycles. The summed E-state index contributed by atoms with van der Waals surface area (Å²) in [5, 5.41) is 6.12. The predicted molar refractivity (Wildman–Crippen MR) is 103 cm³/mol. The molecule has 0 unspecified atom stereocenters. The number of benzene rings is 1. The monoisotopic (exact) mass is 371 g/mol. The first-order valence-electron chi connectivity index (χ1n) is 8.60. The molecular weight excluding hydrogens is 350 g/mol. The Hall–Kier alpha value is -2.40. The van der Waals surface area contributed by atoms with E-state index in [9.17, 15) is 4.79 Å². The van der Waals surface area contributed by atoms with E-state index in [-0.39, 0.29) is 5.78 Å². The molecule has 0 amide bonds. The highest BCUT2D eigenvalue weighted by Gasteiger charge is 2.14. The van der Waals surface area contributed by atoms with Crippen LogP contribution in [0.3, 0.4) is 0 Å². The number of halogens is 1. The van der Waals surface area contributed by atoms with Crippen LogP contribution in [-0.2, 0) is 6.54 Å². The van der Waals surface area contributed by atoms with Gasteiger partial charge in [-0.3, -0.25) is 4.79 Å². The third kappa shape index (κ3) is 3.88. The summed E-state index contributed by atoms with van der Waals surface area (Å²) in [6.07, 6.45) is 1.59. The van der Waals surface area contributed by atoms with E-state index in [2.05, 4.69) is 23.9 Å². The van der Waals surface area contributed by atoms with Crippen LogP contribution >= 0.6 is 11.6 Å². The van der Waals surface area contributed by atoms with Gasteiger partial charge in [0.25, 0.3) is 0 Å². The number of nitrogens with zero attached hydrogens (tertiary/aromatic N) is 3. The summed E-state index contributed by atoms with van der Waals surface area (Å²) in [4.78, 5) is 16.1. The molecule has 3 aromatic rings. The van der Waals surface area contributed by atoms with Crippen molar-refractivity contribution in [3.63, 3.8) is 0 Å². The minimum atomic E-state index is -0.00855. The fourth-order valence-electron chi connectivity index (χ4n) is 2.74. The van der Waals surface area contributed by atoms with Crippen molar-refractivity contribution in [3.05, 3.63) is 52.3 Å². The van der Waals surface area contributed by atoms with E-state index in [1.807, 2.05) is 35.9 Å². The number of carbonyl (C=O) groups is 1. The Balaban J connectivity index is 1.99. The van der Waals surface area contributed by atoms with Gasteiger partial charge in [-0.15, -0.1) is 0 Å². The topological polar surface area (TPSA) is 57.0 Å². The van der Waals surface area contributed by atoms with Gasteiger partial charge in [-0.05, 0) is 44.0 Å². The normalized spacial score (nSPS) is 11.3. The summed E-state index contributed by atoms with van der Waals surface area (Å²) in [6.45, 7) is 8.79. The summed E-state index contributed by atoms with van der Waals surface area (Å²) in [5.41, 5.74) is 3.11. The molecule has 0 radical (unpaired) electrons. The van der Waals surface area contributed by atoms with Crippen molar-refractivity contribution in [3.8, 4) is 5.75 Å². The molecule has 5 nitrogen and oxygen atoms in total. The highest BCUT2D eigenvalue weighted by atomic mass is 35.5. The fraction of sp³-hybridized carbons (Fsp3) is 0.350. The molecule has 0 saturated heterocycles. The summed E-state index contributed by atoms with van der Waals surface area (Å²) < 4.78 is 7.75. The average Bonchev–Trinajstić information content (AvgIpc) is 2.89. The predicted octanol–water partition coefficient (Wildman–Crippen LogP) is 4.68. The number of hydrogen-bond acceptors (Lipinski definition) is 4. The number of ketones is 1. The van der Waals surface area contributed by atoms with Gasteiger partial charge in [0.15, 0.2) is 11.4 Å². The molecule has 1 aromatic carbocycles. The molecule has 0 aliphatic rings. The Bertz CT molecular complexity index is 963. The number of pyridine rings is 1. The Morgan fingerprint density at radius 2 is 2.08 bits per heavy atom. The van der Waals surface area contributed by atoms with Crippen LogP contribution in [0.1, 0.15) is 42.4 Å². The van der Waals surface area contributed by atoms with Crippen molar-refractivity contribution in [2.45, 2.75) is 34.2 Å². The number of aryl methyl sites for hydroxylation is 1. The molecule has 0 N–H and O–H groups in total. The number of fused-ring (bicyclic) bond motifs is 1. The van der Waals surface area contributed by atoms with Gasteiger partial charge in [-0.2, -0.15) is 5.10 Å². The first kappa shape index (κ1) is 18.4. The van der Waals surface area contributed by atoms with Crippen LogP contribution in [0.2, 0.25) is 5.02 Å². The molecule has 0 saturated carbocycles. The van der Waals surface area contributed by atoms with Gasteiger partial charge >= 0.3 is 0 Å². The van der Waals surface area contributed by atoms with E-state index >= 15 is 0 Å². The first-order chi connectivity index (χ1) is 12.3. The van der Waals surface area contributed by atoms with Crippen molar-refractivity contribution in [1.82, 2.24) is 14.8 Å². The van der Waals surface area contributed by atoms with Crippen LogP contribution in [0, 0.1) is 12.8 Å². The first-order valence-corrected chi connectivity index (χ1v) is 8.98. The molecule has 26 heavy (non-hydrogen) atoms. The van der Waals surface area contributed by atoms with Crippen molar-refractivity contribution >= 4 is 28.4 Å². The van der Waals surface area contributed by atoms with Crippen LogP contribution in [0.25, 0.3) is 11.0 Å². The highest BCUT2D eigenvalue weighted by molar-refractivity contribution is 6.30. The summed E-state index contributed by atoms with van der Waals surface area (Å²) in [5.74, 6) is 1.22. The molecule has 0 aliphatic carbocycles. The SMILES string of the molecule is CC(=O)c1cnc2c(c1)c(C)nn2Cc1cc(Cl)ccc1OCC(C)C. The molecule has 136 valence electrons. The summed E-state index contributed by atoms with van der Waals surface area (Å²) >= 11 is 6.19. The second-order valence-electron chi connectivity index (χ2n) is 6.85. The van der Waals surface area contributed by atoms with Gasteiger partial charge in [-0.1, -0.05) is 25.4 Å². The fourth-order valence-corrected chi connectivity index (χ4v) is 2.94. The Morgan fingerprint density at radius 1 is 1.31 bits per heavy atom. The zero-order chi connectivity index (χ0) is 18.8. The maximum Gasteiger partial charge on any atom is 0.161 e. The number of hydrogen-bond donors (Lipinski definition) is 0. The molecule has 0 spiro atoms. The Morgan fingerprint density at radius 3 is 2.77 bits per heavy atom. The number of carbonyl (C=O) groups excluding carboxylic acids is 1. The van der Waals surface area contributed by atoms with Crippen LogP contribution in [0.15, 0.2) is 30.5 Å². The smallest absolute Gasteiger partial charge is 0.161 e. The van der Waals surface area contributed by atoms with Crippen molar-refractivity contribution in [1.29, 1.82) is 0 Å². The minimum Gasteiger partial charge on any atom is -0.493 e. The molecule has 0 atom stereocenters. The molecule has 2 aromatic heterocycles. The van der Waals surface area contributed by atoms with E-state index in [0.717, 1.165) is 28.0 Å². The van der Waals surface area contributed by atoms with Gasteiger partial charge in [0.2, 0.25) is 0 Å². The van der Waals surface area contributed by atoms with E-state index in [0.29, 0.717) is 29.7 Å². The number of Topliss-reactive ketones (excluding diaryl/α,β-unsaturated/α-hetero) is 1. The second kappa shape index (κ2) is 7.46. The van der Waals surface area contributed by atoms with Gasteiger partial charge in [0.1, 0.15) is 5.75 Å². The maximum atomic E-state index is 11.6. The number of aromatic nitrogens is 3. The summed E-state index contributed by atoms with van der Waals surface area (Å²) in [6, 6.07) is 7.45. The number of rotatable bonds is 6. The number of ether oxygens (including phenoxy) is 1. The zero-order valence-corrected chi connectivity index (χ0v) is 16.2. The summed E-state index contributed by atoms with van der Waals surface area (Å²) in [7, 11) is 0. The Kier molecular flexibility index (Phi) is 5.28. The largest absolute Gasteiger partial charge is 0.493 e. The van der Waals surface area contributed by atoms with E-state index in [1.165, 1.54) is 6.92 Å². The molecular formula is C20H22ClN3O2. The van der Waals surface area contributed by atoms with Gasteiger partial charge in [0.05, 0.1) is 18.8 Å². The lowest BCUT2D eigenvalue weighted by Crippen LogP contribution is -2.09. The van der Waals surface area contributed by atoms with Crippen molar-refractivity contribution < 1.29 is 9.53 Å². The van der Waals surface area contributed by atoms with E-state index < -0.39 is 0 Å². The van der Waals surface area contributed by atoms with Crippen LogP contribution in [0.4, 0.5) is 0 Å². The van der Waals surface area contributed by atoms with Gasteiger partial charge in [0, 0.05) is 27.7 Å². The van der Waals surface area contributed by atoms with Crippen LogP contribution < -0.4 is 4.74 Å². The van der Waals surface area contributed by atoms with Crippen molar-refractivity contribution in [2.24, 2.45) is 5.92 Å². The van der Waals surface area contributed by atoms with E-state index in [1.54, 1.807) is 6.20 Å². The Labute approximate surface area is 157 Å². The standard InChI is InChI=1S/C20H22ClN3O2/c1-12(2)11-26-19-6-5-17(21)7-16(19)10-24-20-18(13(3)23-24)8-15(9-22-20)14(4)25/h5-9,12H,10-11H2,1-4H3. The van der Waals surface area contributed by atoms with Gasteiger partial charge in [-0.25, -0.2) is 9.67 Å². The molecule has 2 heterocycles. The maximum absolute atomic E-state index is 11.6. The van der Waals surface area contributed by atoms with Crippen LogP contribution in [-0.4, -0.2) is 27.2 Å². The van der Waals surface area contributed by atoms with Crippen molar-refractivity contribution in [2.75, 3.05) is 6.61 Å². The quantitative estimate of drug-likeness (QED) is 0.590. The third-order valence-corrected chi connectivity index (χ3v) is 4.33. The van der Waals surface area contributed by atoms with Crippen LogP contribution in [0.5, 0.6) is 5.75 Å². The molecule has 3 rings (SSSR count). The third-order valence-electron chi connectivity index (χ3n) is 4.09. The highest BCUT2D eigenvalue weighted by Crippen LogP contribution is 2.26. The molecule has 0 fully saturated rings. The lowest BCUT2D eigenvalue weighted by molar-refractivity contribution is 0.101. The average molecular weight is 372 g/mol. The lowest BCUT2D eigenvalue weighted by atomic mass is 10.1. The van der Waals surface area contributed by atoms with Gasteiger partial charge < -0.3 is 4.74 Å². The molecule has 0 bridgehead atoms.